The maximum atomic E-state index is 7.06. The lowest BCUT2D eigenvalue weighted by Crippen LogP contribution is -1.94. The third-order valence-electron chi connectivity index (χ3n) is 0.743. The van der Waals surface area contributed by atoms with E-state index in [1.54, 1.807) is 0 Å². The average Bonchev–Trinajstić information content (AvgIpc) is 1.68. The smallest absolute Gasteiger partial charge is 0.0281 e. The van der Waals surface area contributed by atoms with E-state index >= 15 is 0 Å². The number of nitrogens with one attached hydrogen (secondary N) is 1. The van der Waals surface area contributed by atoms with Gasteiger partial charge in [0, 0.05) is 11.5 Å². The molecule has 0 bridgehead atoms. The van der Waals surface area contributed by atoms with Crippen molar-refractivity contribution in [1.82, 2.24) is 0 Å². The highest BCUT2D eigenvalue weighted by atomic mass is 32.1. The zero-order valence-corrected chi connectivity index (χ0v) is 5.46. The average molecular weight is 117 g/mol. The van der Waals surface area contributed by atoms with Crippen molar-refractivity contribution in [2.45, 2.75) is 19.8 Å². The topological polar surface area (TPSA) is 23.9 Å². The van der Waals surface area contributed by atoms with Gasteiger partial charge in [-0.25, -0.2) is 0 Å². The highest BCUT2D eigenvalue weighted by molar-refractivity contribution is 7.81. The Labute approximate surface area is 50.0 Å². The van der Waals surface area contributed by atoms with Gasteiger partial charge in [0.05, 0.1) is 0 Å². The molecule has 42 valence electrons. The molecule has 1 N–H and O–H groups in total. The van der Waals surface area contributed by atoms with Crippen LogP contribution in [0.25, 0.3) is 0 Å². The van der Waals surface area contributed by atoms with E-state index in [0.29, 0.717) is 5.75 Å². The van der Waals surface area contributed by atoms with Gasteiger partial charge in [0.2, 0.25) is 0 Å². The lowest BCUT2D eigenvalue weighted by molar-refractivity contribution is 0.983. The van der Waals surface area contributed by atoms with E-state index in [4.69, 9.17) is 5.41 Å². The van der Waals surface area contributed by atoms with Crippen molar-refractivity contribution >= 4 is 18.3 Å². The third kappa shape index (κ3) is 3.86. The minimum absolute atomic E-state index is 0.619. The van der Waals surface area contributed by atoms with Gasteiger partial charge in [0.1, 0.15) is 0 Å². The van der Waals surface area contributed by atoms with E-state index in [1.807, 2.05) is 0 Å². The molecule has 2 heteroatoms. The standard InChI is InChI=1S/C5H11NS/c1-2-3-5(6)4-7/h6-7H,2-4H2,1H3. The summed E-state index contributed by atoms with van der Waals surface area (Å²) in [5, 5.41) is 7.06. The lowest BCUT2D eigenvalue weighted by Gasteiger charge is -1.91. The van der Waals surface area contributed by atoms with Crippen molar-refractivity contribution in [3.05, 3.63) is 0 Å². The zero-order chi connectivity index (χ0) is 5.70. The number of thiol groups is 1. The maximum Gasteiger partial charge on any atom is 0.0281 e. The Hall–Kier alpha value is 0.0200. The molecule has 0 saturated heterocycles. The monoisotopic (exact) mass is 117 g/mol. The molecular formula is C5H11NS. The Morgan fingerprint density at radius 1 is 1.71 bits per heavy atom. The number of hydrogen-bond donors (Lipinski definition) is 2. The Morgan fingerprint density at radius 3 is 2.43 bits per heavy atom. The van der Waals surface area contributed by atoms with E-state index in [9.17, 15) is 0 Å². The SMILES string of the molecule is CCCC(=N)CS. The van der Waals surface area contributed by atoms with Crippen molar-refractivity contribution in [1.29, 1.82) is 5.41 Å². The highest BCUT2D eigenvalue weighted by Crippen LogP contribution is 1.89. The molecule has 0 aliphatic carbocycles. The van der Waals surface area contributed by atoms with Gasteiger partial charge in [-0.3, -0.25) is 0 Å². The molecular weight excluding hydrogens is 106 g/mol. The first kappa shape index (κ1) is 7.02. The molecule has 0 aliphatic rings. The summed E-state index contributed by atoms with van der Waals surface area (Å²) in [5.74, 6) is 0.619. The van der Waals surface area contributed by atoms with Crippen molar-refractivity contribution in [2.75, 3.05) is 5.75 Å². The summed E-state index contributed by atoms with van der Waals surface area (Å²) in [7, 11) is 0. The number of hydrogen-bond acceptors (Lipinski definition) is 2. The van der Waals surface area contributed by atoms with E-state index in [0.717, 1.165) is 18.6 Å². The van der Waals surface area contributed by atoms with Crippen LogP contribution in [-0.4, -0.2) is 11.5 Å². The van der Waals surface area contributed by atoms with Crippen molar-refractivity contribution in [3.63, 3.8) is 0 Å². The second-order valence-corrected chi connectivity index (χ2v) is 1.83. The van der Waals surface area contributed by atoms with Gasteiger partial charge >= 0.3 is 0 Å². The normalized spacial score (nSPS) is 8.86. The molecule has 0 aromatic heterocycles. The summed E-state index contributed by atoms with van der Waals surface area (Å²) in [6, 6.07) is 0. The predicted molar refractivity (Wildman–Crippen MR) is 36.5 cm³/mol. The first-order chi connectivity index (χ1) is 3.31. The molecule has 0 aromatic carbocycles. The molecule has 0 unspecified atom stereocenters. The lowest BCUT2D eigenvalue weighted by atomic mass is 10.2. The zero-order valence-electron chi connectivity index (χ0n) is 4.57. The second kappa shape index (κ2) is 4.19. The molecule has 0 radical (unpaired) electrons. The minimum atomic E-state index is 0.619. The fraction of sp³-hybridized carbons (Fsp3) is 0.800. The van der Waals surface area contributed by atoms with Crippen LogP contribution in [0.1, 0.15) is 19.8 Å². The summed E-state index contributed by atoms with van der Waals surface area (Å²) >= 11 is 3.92. The van der Waals surface area contributed by atoms with Gasteiger partial charge in [-0.05, 0) is 6.42 Å². The van der Waals surface area contributed by atoms with Gasteiger partial charge in [-0.2, -0.15) is 12.6 Å². The molecule has 0 heterocycles. The Kier molecular flexibility index (Phi) is 4.20. The molecule has 0 atom stereocenters. The predicted octanol–water partition coefficient (Wildman–Crippen LogP) is 1.74. The minimum Gasteiger partial charge on any atom is -0.309 e. The second-order valence-electron chi connectivity index (χ2n) is 1.51. The summed E-state index contributed by atoms with van der Waals surface area (Å²) in [4.78, 5) is 0. The van der Waals surface area contributed by atoms with E-state index in [-0.39, 0.29) is 0 Å². The molecule has 0 fully saturated rings. The van der Waals surface area contributed by atoms with Crippen LogP contribution in [-0.2, 0) is 0 Å². The molecule has 0 aliphatic heterocycles. The van der Waals surface area contributed by atoms with Gasteiger partial charge < -0.3 is 5.41 Å². The van der Waals surface area contributed by atoms with E-state index in [1.165, 1.54) is 0 Å². The highest BCUT2D eigenvalue weighted by Gasteiger charge is 1.86. The Bertz CT molecular complexity index is 61.1. The molecule has 0 saturated carbocycles. The van der Waals surface area contributed by atoms with Crippen LogP contribution in [0.15, 0.2) is 0 Å². The fourth-order valence-electron chi connectivity index (χ4n) is 0.381. The van der Waals surface area contributed by atoms with Crippen LogP contribution in [0.4, 0.5) is 0 Å². The Morgan fingerprint density at radius 2 is 2.29 bits per heavy atom. The molecule has 0 aromatic rings. The third-order valence-corrected chi connectivity index (χ3v) is 1.12. The maximum absolute atomic E-state index is 7.06. The quantitative estimate of drug-likeness (QED) is 0.415. The Balaban J connectivity index is 3.00. The molecule has 0 rings (SSSR count). The summed E-state index contributed by atoms with van der Waals surface area (Å²) in [5.41, 5.74) is 0.742. The van der Waals surface area contributed by atoms with Gasteiger partial charge in [0.15, 0.2) is 0 Å². The van der Waals surface area contributed by atoms with Crippen LogP contribution < -0.4 is 0 Å². The summed E-state index contributed by atoms with van der Waals surface area (Å²) in [6.45, 7) is 2.07. The van der Waals surface area contributed by atoms with Crippen molar-refractivity contribution < 1.29 is 0 Å². The first-order valence-electron chi connectivity index (χ1n) is 2.48. The van der Waals surface area contributed by atoms with Crippen LogP contribution >= 0.6 is 12.6 Å². The van der Waals surface area contributed by atoms with Crippen LogP contribution in [0, 0.1) is 5.41 Å². The van der Waals surface area contributed by atoms with Gasteiger partial charge in [-0.1, -0.05) is 13.3 Å². The van der Waals surface area contributed by atoms with Gasteiger partial charge in [0.25, 0.3) is 0 Å². The van der Waals surface area contributed by atoms with Crippen LogP contribution in [0.3, 0.4) is 0 Å². The van der Waals surface area contributed by atoms with E-state index in [2.05, 4.69) is 19.6 Å². The number of rotatable bonds is 3. The van der Waals surface area contributed by atoms with Crippen molar-refractivity contribution in [3.8, 4) is 0 Å². The first-order valence-corrected chi connectivity index (χ1v) is 3.11. The van der Waals surface area contributed by atoms with Crippen LogP contribution in [0.2, 0.25) is 0 Å². The van der Waals surface area contributed by atoms with Gasteiger partial charge in [-0.15, -0.1) is 0 Å². The molecule has 1 nitrogen and oxygen atoms in total. The fourth-order valence-corrected chi connectivity index (χ4v) is 0.539. The molecule has 0 amide bonds. The van der Waals surface area contributed by atoms with E-state index < -0.39 is 0 Å². The summed E-state index contributed by atoms with van der Waals surface area (Å²) in [6.07, 6.45) is 1.98. The molecule has 7 heavy (non-hydrogen) atoms. The largest absolute Gasteiger partial charge is 0.309 e. The summed E-state index contributed by atoms with van der Waals surface area (Å²) < 4.78 is 0. The van der Waals surface area contributed by atoms with Crippen LogP contribution in [0.5, 0.6) is 0 Å². The van der Waals surface area contributed by atoms with Crippen molar-refractivity contribution in [2.24, 2.45) is 0 Å². The molecule has 0 spiro atoms.